The molecule has 0 amide bonds. The minimum atomic E-state index is -3.14. The summed E-state index contributed by atoms with van der Waals surface area (Å²) in [5, 5.41) is 4.78. The summed E-state index contributed by atoms with van der Waals surface area (Å²) >= 11 is 0. The maximum atomic E-state index is 15.2. The molecule has 0 radical (unpaired) electrons. The fourth-order valence-electron chi connectivity index (χ4n) is 8.03. The van der Waals surface area contributed by atoms with Crippen LogP contribution in [0.25, 0.3) is 27.5 Å². The first-order chi connectivity index (χ1) is 24.4. The topological polar surface area (TPSA) is 38.1 Å². The van der Waals surface area contributed by atoms with Crippen LogP contribution < -0.4 is 20.8 Å². The molecule has 0 saturated heterocycles. The Hall–Kier alpha value is -5.70. The molecule has 1 atom stereocenters. The number of hydrogen-bond acceptors (Lipinski definition) is 3. The number of pyridine rings is 1. The molecule has 4 nitrogen and oxygen atoms in total. The number of rotatable bonds is 5. The van der Waals surface area contributed by atoms with Crippen molar-refractivity contribution in [3.63, 3.8) is 0 Å². The number of benzene rings is 6. The van der Waals surface area contributed by atoms with Crippen molar-refractivity contribution in [3.05, 3.63) is 181 Å². The maximum absolute atomic E-state index is 15.2. The molecule has 0 aliphatic carbocycles. The van der Waals surface area contributed by atoms with Crippen LogP contribution in [0.3, 0.4) is 0 Å². The van der Waals surface area contributed by atoms with Crippen molar-refractivity contribution in [2.24, 2.45) is 0 Å². The molecule has 1 aliphatic heterocycles. The lowest BCUT2D eigenvalue weighted by Crippen LogP contribution is -2.30. The van der Waals surface area contributed by atoms with Crippen LogP contribution in [0.15, 0.2) is 164 Å². The van der Waals surface area contributed by atoms with E-state index in [0.29, 0.717) is 0 Å². The Kier molecular flexibility index (Phi) is 6.95. The van der Waals surface area contributed by atoms with E-state index in [4.69, 9.17) is 0 Å². The number of hydrogen-bond donors (Lipinski definition) is 0. The van der Waals surface area contributed by atoms with Gasteiger partial charge in [-0.15, -0.1) is 0 Å². The van der Waals surface area contributed by atoms with Gasteiger partial charge in [-0.2, -0.15) is 0 Å². The molecule has 6 aromatic carbocycles. The fourth-order valence-corrected chi connectivity index (χ4v) is 10.7. The van der Waals surface area contributed by atoms with Crippen molar-refractivity contribution >= 4 is 61.9 Å². The van der Waals surface area contributed by atoms with E-state index < -0.39 is 7.14 Å². The fraction of sp³-hybridized carbons (Fsp3) is 0.0889. The number of aromatic nitrogens is 2. The summed E-state index contributed by atoms with van der Waals surface area (Å²) in [6, 6.07) is 52.9. The van der Waals surface area contributed by atoms with Crippen LogP contribution in [0, 0.1) is 6.92 Å². The van der Waals surface area contributed by atoms with Gasteiger partial charge in [0.15, 0.2) is 7.14 Å². The normalized spacial score (nSPS) is 14.7. The molecule has 5 heteroatoms. The summed E-state index contributed by atoms with van der Waals surface area (Å²) in [5.74, 6) is 0. The molecule has 2 aromatic heterocycles. The smallest absolute Gasteiger partial charge is 0.171 e. The number of fused-ring (bicyclic) bond motifs is 5. The number of aryl methyl sites for hydroxylation is 1. The van der Waals surface area contributed by atoms with Gasteiger partial charge in [-0.25, -0.2) is 0 Å². The lowest BCUT2D eigenvalue weighted by molar-refractivity contribution is 0.592. The predicted molar refractivity (Wildman–Crippen MR) is 210 cm³/mol. The van der Waals surface area contributed by atoms with Gasteiger partial charge in [0, 0.05) is 55.9 Å². The van der Waals surface area contributed by atoms with Gasteiger partial charge >= 0.3 is 0 Å². The molecule has 0 saturated carbocycles. The predicted octanol–water partition coefficient (Wildman–Crippen LogP) is 10.2. The third-order valence-electron chi connectivity index (χ3n) is 10.5. The first kappa shape index (κ1) is 30.4. The second-order valence-corrected chi connectivity index (χ2v) is 16.4. The van der Waals surface area contributed by atoms with Crippen LogP contribution in [0.1, 0.15) is 30.5 Å². The van der Waals surface area contributed by atoms with Crippen molar-refractivity contribution in [2.45, 2.75) is 26.2 Å². The summed E-state index contributed by atoms with van der Waals surface area (Å²) in [6.07, 6.45) is 3.45. The molecule has 0 N–H and O–H groups in total. The minimum Gasteiger partial charge on any atom is -0.310 e. The molecule has 0 spiro atoms. The van der Waals surface area contributed by atoms with Crippen molar-refractivity contribution in [1.29, 1.82) is 0 Å². The van der Waals surface area contributed by atoms with Gasteiger partial charge in [0.25, 0.3) is 0 Å². The highest BCUT2D eigenvalue weighted by Gasteiger charge is 2.36. The zero-order valence-corrected chi connectivity index (χ0v) is 29.2. The molecular weight excluding hydrogens is 629 g/mol. The van der Waals surface area contributed by atoms with Crippen molar-refractivity contribution in [3.8, 4) is 5.69 Å². The quantitative estimate of drug-likeness (QED) is 0.172. The Morgan fingerprint density at radius 3 is 1.84 bits per heavy atom. The zero-order chi connectivity index (χ0) is 34.0. The Labute approximate surface area is 292 Å². The van der Waals surface area contributed by atoms with Crippen LogP contribution in [-0.2, 0) is 9.98 Å². The van der Waals surface area contributed by atoms with Crippen LogP contribution in [-0.4, -0.2) is 9.55 Å². The Balaban J connectivity index is 1.22. The van der Waals surface area contributed by atoms with E-state index in [2.05, 4.69) is 144 Å². The first-order valence-electron chi connectivity index (χ1n) is 17.1. The molecule has 3 heterocycles. The average Bonchev–Trinajstić information content (AvgIpc) is 3.49. The summed E-state index contributed by atoms with van der Waals surface area (Å²) in [6.45, 7) is 6.77. The highest BCUT2D eigenvalue weighted by molar-refractivity contribution is 7.85. The molecule has 8 aromatic rings. The Morgan fingerprint density at radius 2 is 1.14 bits per heavy atom. The summed E-state index contributed by atoms with van der Waals surface area (Å²) in [4.78, 5) is 6.63. The van der Waals surface area contributed by atoms with Gasteiger partial charge in [0.2, 0.25) is 0 Å². The average molecular weight is 666 g/mol. The van der Waals surface area contributed by atoms with Crippen molar-refractivity contribution < 1.29 is 4.57 Å². The van der Waals surface area contributed by atoms with Crippen LogP contribution in [0.4, 0.5) is 17.1 Å². The monoisotopic (exact) mass is 665 g/mol. The SMILES string of the molecule is Cc1cc(P(=O)(c2ccccc2)c2ccncc2)ccc1-n1c2ccccc2c2cc(N3c4ccccc4C(C)(C)c4ccccc43)ccc21. The van der Waals surface area contributed by atoms with Gasteiger partial charge in [-0.1, -0.05) is 98.8 Å². The number of para-hydroxylation sites is 3. The summed E-state index contributed by atoms with van der Waals surface area (Å²) < 4.78 is 17.5. The van der Waals surface area contributed by atoms with Gasteiger partial charge < -0.3 is 14.0 Å². The first-order valence-corrected chi connectivity index (χ1v) is 18.8. The molecule has 242 valence electrons. The maximum Gasteiger partial charge on any atom is 0.171 e. The van der Waals surface area contributed by atoms with E-state index in [0.717, 1.165) is 43.9 Å². The Bertz CT molecular complexity index is 2530. The highest BCUT2D eigenvalue weighted by atomic mass is 31.2. The van der Waals surface area contributed by atoms with Crippen LogP contribution in [0.2, 0.25) is 0 Å². The third-order valence-corrected chi connectivity index (χ3v) is 13.5. The molecular formula is C45H36N3OP. The van der Waals surface area contributed by atoms with Gasteiger partial charge in [-0.05, 0) is 90.3 Å². The third kappa shape index (κ3) is 4.45. The summed E-state index contributed by atoms with van der Waals surface area (Å²) in [5.41, 5.74) is 10.5. The van der Waals surface area contributed by atoms with E-state index in [-0.39, 0.29) is 5.41 Å². The lowest BCUT2D eigenvalue weighted by atomic mass is 9.73. The molecule has 9 rings (SSSR count). The lowest BCUT2D eigenvalue weighted by Gasteiger charge is -2.42. The molecule has 1 unspecified atom stereocenters. The number of anilines is 3. The highest BCUT2D eigenvalue weighted by Crippen LogP contribution is 2.52. The van der Waals surface area contributed by atoms with Crippen LogP contribution in [0.5, 0.6) is 0 Å². The molecule has 0 bridgehead atoms. The molecule has 1 aliphatic rings. The van der Waals surface area contributed by atoms with Gasteiger partial charge in [0.1, 0.15) is 0 Å². The van der Waals surface area contributed by atoms with Gasteiger partial charge in [-0.3, -0.25) is 4.98 Å². The molecule has 0 fully saturated rings. The van der Waals surface area contributed by atoms with E-state index in [1.54, 1.807) is 12.4 Å². The van der Waals surface area contributed by atoms with Crippen molar-refractivity contribution in [1.82, 2.24) is 9.55 Å². The van der Waals surface area contributed by atoms with E-state index in [1.165, 1.54) is 33.3 Å². The van der Waals surface area contributed by atoms with E-state index >= 15 is 4.57 Å². The second-order valence-electron chi connectivity index (χ2n) is 13.7. The second kappa shape index (κ2) is 11.4. The zero-order valence-electron chi connectivity index (χ0n) is 28.3. The van der Waals surface area contributed by atoms with Gasteiger partial charge in [0.05, 0.1) is 22.4 Å². The Morgan fingerprint density at radius 1 is 0.540 bits per heavy atom. The van der Waals surface area contributed by atoms with Crippen LogP contribution >= 0.6 is 7.14 Å². The van der Waals surface area contributed by atoms with E-state index in [9.17, 15) is 0 Å². The summed E-state index contributed by atoms with van der Waals surface area (Å²) in [7, 11) is -3.14. The van der Waals surface area contributed by atoms with E-state index in [1.807, 2.05) is 42.5 Å². The standard InChI is InChI=1S/C45H36N3OP/c1-31-29-35(50(49,33-13-5-4-6-14-33)34-25-27-46-28-26-34)22-24-40(31)48-41-18-10-7-15-36(41)37-30-32(21-23-42(37)48)47-43-19-11-8-16-38(43)45(2,3)39-17-9-12-20-44(39)47/h4-30H,1-3H3. The van der Waals surface area contributed by atoms with Crippen molar-refractivity contribution in [2.75, 3.05) is 4.90 Å². The minimum absolute atomic E-state index is 0.116. The largest absolute Gasteiger partial charge is 0.310 e. The number of nitrogens with zero attached hydrogens (tertiary/aromatic N) is 3. The molecule has 50 heavy (non-hydrogen) atoms.